The molecule has 0 bridgehead atoms. The average Bonchev–Trinajstić information content (AvgIpc) is 2.97. The summed E-state index contributed by atoms with van der Waals surface area (Å²) in [6.07, 6.45) is 0. The minimum Gasteiger partial charge on any atom is -0.350 e. The Labute approximate surface area is 152 Å². The van der Waals surface area contributed by atoms with Gasteiger partial charge in [0.2, 0.25) is 5.91 Å². The van der Waals surface area contributed by atoms with Gasteiger partial charge in [-0.1, -0.05) is 6.07 Å². The van der Waals surface area contributed by atoms with Gasteiger partial charge in [-0.3, -0.25) is 9.69 Å². The van der Waals surface area contributed by atoms with E-state index >= 15 is 0 Å². The normalized spacial score (nSPS) is 14.0. The quantitative estimate of drug-likeness (QED) is 0.810. The van der Waals surface area contributed by atoms with Crippen molar-refractivity contribution in [2.45, 2.75) is 6.54 Å². The fourth-order valence-corrected chi connectivity index (χ4v) is 2.71. The average molecular weight is 381 g/mol. The number of hydrogen-bond acceptors (Lipinski definition) is 2. The maximum Gasteiger partial charge on any atom is 0.325 e. The van der Waals surface area contributed by atoms with Crippen LogP contribution in [-0.4, -0.2) is 36.5 Å². The minimum absolute atomic E-state index is 0.112. The zero-order chi connectivity index (χ0) is 19.6. The summed E-state index contributed by atoms with van der Waals surface area (Å²) in [6.45, 7) is 0.00161. The number of nitrogens with zero attached hydrogens (tertiary/aromatic N) is 2. The third kappa shape index (κ3) is 4.18. The predicted molar refractivity (Wildman–Crippen MR) is 88.9 cm³/mol. The summed E-state index contributed by atoms with van der Waals surface area (Å²) in [5, 5.41) is 2.45. The Morgan fingerprint density at radius 2 is 1.74 bits per heavy atom. The van der Waals surface area contributed by atoms with Crippen molar-refractivity contribution in [2.75, 3.05) is 24.5 Å². The number of amides is 3. The first-order valence-corrected chi connectivity index (χ1v) is 8.07. The molecule has 27 heavy (non-hydrogen) atoms. The molecular formula is C18H15F4N3O2. The number of benzene rings is 2. The first kappa shape index (κ1) is 18.7. The van der Waals surface area contributed by atoms with E-state index in [0.717, 1.165) is 18.2 Å². The lowest BCUT2D eigenvalue weighted by atomic mass is 10.2. The summed E-state index contributed by atoms with van der Waals surface area (Å²) in [6, 6.07) is 5.59. The van der Waals surface area contributed by atoms with Gasteiger partial charge in [-0.15, -0.1) is 0 Å². The van der Waals surface area contributed by atoms with Crippen molar-refractivity contribution < 1.29 is 27.2 Å². The molecule has 1 aliphatic heterocycles. The largest absolute Gasteiger partial charge is 0.350 e. The highest BCUT2D eigenvalue weighted by Gasteiger charge is 2.31. The van der Waals surface area contributed by atoms with Crippen LogP contribution in [0.3, 0.4) is 0 Å². The fraction of sp³-hybridized carbons (Fsp3) is 0.222. The van der Waals surface area contributed by atoms with Gasteiger partial charge in [-0.05, 0) is 18.2 Å². The van der Waals surface area contributed by atoms with Crippen molar-refractivity contribution in [2.24, 2.45) is 0 Å². The molecule has 1 N–H and O–H groups in total. The maximum atomic E-state index is 13.5. The van der Waals surface area contributed by atoms with Gasteiger partial charge < -0.3 is 10.2 Å². The highest BCUT2D eigenvalue weighted by atomic mass is 19.2. The lowest BCUT2D eigenvalue weighted by Gasteiger charge is -2.18. The second-order valence-electron chi connectivity index (χ2n) is 5.97. The lowest BCUT2D eigenvalue weighted by Crippen LogP contribution is -2.39. The van der Waals surface area contributed by atoms with Gasteiger partial charge in [0.25, 0.3) is 0 Å². The Kier molecular flexibility index (Phi) is 5.29. The third-order valence-corrected chi connectivity index (χ3v) is 4.14. The molecule has 1 saturated heterocycles. The van der Waals surface area contributed by atoms with E-state index in [1.54, 1.807) is 0 Å². The number of carbonyl (C=O) groups is 2. The van der Waals surface area contributed by atoms with Gasteiger partial charge in [-0.25, -0.2) is 22.4 Å². The van der Waals surface area contributed by atoms with Crippen LogP contribution in [0.4, 0.5) is 28.0 Å². The molecule has 1 aliphatic rings. The molecule has 3 amide bonds. The maximum absolute atomic E-state index is 13.5. The van der Waals surface area contributed by atoms with Gasteiger partial charge in [0, 0.05) is 43.0 Å². The van der Waals surface area contributed by atoms with E-state index in [2.05, 4.69) is 5.32 Å². The molecule has 2 aromatic carbocycles. The minimum atomic E-state index is -1.07. The number of rotatable bonds is 5. The molecule has 5 nitrogen and oxygen atoms in total. The van der Waals surface area contributed by atoms with Crippen LogP contribution in [-0.2, 0) is 11.3 Å². The lowest BCUT2D eigenvalue weighted by molar-refractivity contribution is -0.121. The molecule has 0 spiro atoms. The van der Waals surface area contributed by atoms with Crippen LogP contribution in [0.25, 0.3) is 0 Å². The zero-order valence-corrected chi connectivity index (χ0v) is 14.0. The van der Waals surface area contributed by atoms with Crippen LogP contribution < -0.4 is 10.2 Å². The zero-order valence-electron chi connectivity index (χ0n) is 14.0. The topological polar surface area (TPSA) is 52.7 Å². The number of carbonyl (C=O) groups excluding carboxylic acids is 2. The number of nitrogens with one attached hydrogen (secondary N) is 1. The van der Waals surface area contributed by atoms with Crippen molar-refractivity contribution in [3.05, 3.63) is 65.2 Å². The van der Waals surface area contributed by atoms with E-state index in [-0.39, 0.29) is 37.4 Å². The summed E-state index contributed by atoms with van der Waals surface area (Å²) >= 11 is 0. The van der Waals surface area contributed by atoms with Crippen LogP contribution in [0.5, 0.6) is 0 Å². The summed E-state index contributed by atoms with van der Waals surface area (Å²) in [5.41, 5.74) is 0.302. The van der Waals surface area contributed by atoms with Crippen molar-refractivity contribution >= 4 is 17.6 Å². The second-order valence-corrected chi connectivity index (χ2v) is 5.97. The van der Waals surface area contributed by atoms with E-state index in [1.165, 1.54) is 21.9 Å². The van der Waals surface area contributed by atoms with Gasteiger partial charge in [0.15, 0.2) is 11.6 Å². The van der Waals surface area contributed by atoms with E-state index in [9.17, 15) is 27.2 Å². The first-order valence-electron chi connectivity index (χ1n) is 8.07. The van der Waals surface area contributed by atoms with E-state index in [4.69, 9.17) is 0 Å². The Morgan fingerprint density at radius 1 is 0.963 bits per heavy atom. The molecule has 0 atom stereocenters. The van der Waals surface area contributed by atoms with Crippen LogP contribution in [0, 0.1) is 23.3 Å². The molecule has 1 heterocycles. The fourth-order valence-electron chi connectivity index (χ4n) is 2.71. The Bertz CT molecular complexity index is 891. The molecule has 0 aliphatic carbocycles. The predicted octanol–water partition coefficient (Wildman–Crippen LogP) is 2.80. The Morgan fingerprint density at radius 3 is 2.44 bits per heavy atom. The van der Waals surface area contributed by atoms with Gasteiger partial charge >= 0.3 is 6.03 Å². The van der Waals surface area contributed by atoms with Gasteiger partial charge in [0.05, 0.1) is 0 Å². The Hall–Kier alpha value is -3.10. The van der Waals surface area contributed by atoms with Crippen molar-refractivity contribution in [1.29, 1.82) is 0 Å². The van der Waals surface area contributed by atoms with Gasteiger partial charge in [-0.2, -0.15) is 0 Å². The number of hydrogen-bond donors (Lipinski definition) is 1. The van der Waals surface area contributed by atoms with E-state index in [1.807, 2.05) is 0 Å². The smallest absolute Gasteiger partial charge is 0.325 e. The highest BCUT2D eigenvalue weighted by Crippen LogP contribution is 2.22. The molecule has 2 aromatic rings. The van der Waals surface area contributed by atoms with Crippen LogP contribution in [0.15, 0.2) is 36.4 Å². The highest BCUT2D eigenvalue weighted by molar-refractivity contribution is 5.96. The first-order chi connectivity index (χ1) is 12.8. The van der Waals surface area contributed by atoms with Gasteiger partial charge in [0.1, 0.15) is 18.2 Å². The van der Waals surface area contributed by atoms with E-state index in [0.29, 0.717) is 6.07 Å². The monoisotopic (exact) mass is 381 g/mol. The number of urea groups is 1. The third-order valence-electron chi connectivity index (χ3n) is 4.14. The van der Waals surface area contributed by atoms with Crippen LogP contribution in [0.1, 0.15) is 5.56 Å². The number of anilines is 1. The molecule has 0 radical (unpaired) electrons. The summed E-state index contributed by atoms with van der Waals surface area (Å²) < 4.78 is 52.8. The standard InChI is InChI=1S/C18H15F4N3O2/c19-12-2-1-11(15(21)7-12)9-23-17(26)10-24-5-6-25(18(24)27)13-3-4-14(20)16(22)8-13/h1-4,7-8H,5-6,9-10H2,(H,23,26). The molecule has 0 aromatic heterocycles. The summed E-state index contributed by atoms with van der Waals surface area (Å²) in [7, 11) is 0. The van der Waals surface area contributed by atoms with Crippen LogP contribution >= 0.6 is 0 Å². The second kappa shape index (κ2) is 7.65. The van der Waals surface area contributed by atoms with Crippen LogP contribution in [0.2, 0.25) is 0 Å². The SMILES string of the molecule is O=C(CN1CCN(c2ccc(F)c(F)c2)C1=O)NCc1ccc(F)cc1F. The molecule has 142 valence electrons. The molecule has 0 unspecified atom stereocenters. The summed E-state index contributed by atoms with van der Waals surface area (Å²) in [4.78, 5) is 26.8. The summed E-state index contributed by atoms with van der Waals surface area (Å²) in [5.74, 6) is -4.12. The molecule has 1 fully saturated rings. The Balaban J connectivity index is 1.57. The van der Waals surface area contributed by atoms with E-state index < -0.39 is 35.2 Å². The van der Waals surface area contributed by atoms with Crippen molar-refractivity contribution in [3.8, 4) is 0 Å². The van der Waals surface area contributed by atoms with Crippen molar-refractivity contribution in [3.63, 3.8) is 0 Å². The number of halogens is 4. The van der Waals surface area contributed by atoms with Crippen molar-refractivity contribution in [1.82, 2.24) is 10.2 Å². The molecular weight excluding hydrogens is 366 g/mol. The molecule has 9 heteroatoms. The molecule has 0 saturated carbocycles. The molecule has 3 rings (SSSR count).